The van der Waals surface area contributed by atoms with Gasteiger partial charge in [-0.05, 0) is 37.8 Å². The van der Waals surface area contributed by atoms with E-state index in [1.807, 2.05) is 6.20 Å². The molecule has 1 atom stereocenters. The molecule has 3 heteroatoms. The van der Waals surface area contributed by atoms with Crippen molar-refractivity contribution in [3.8, 4) is 0 Å². The van der Waals surface area contributed by atoms with Gasteiger partial charge >= 0.3 is 0 Å². The average molecular weight is 235 g/mol. The summed E-state index contributed by atoms with van der Waals surface area (Å²) < 4.78 is 2.17. The zero-order valence-electron chi connectivity index (χ0n) is 11.4. The quantitative estimate of drug-likeness (QED) is 0.849. The molecule has 1 N–H and O–H groups in total. The van der Waals surface area contributed by atoms with E-state index in [9.17, 15) is 0 Å². The summed E-state index contributed by atoms with van der Waals surface area (Å²) in [5.74, 6) is 0. The first-order chi connectivity index (χ1) is 8.21. The zero-order chi connectivity index (χ0) is 12.3. The van der Waals surface area contributed by atoms with Crippen LogP contribution in [-0.4, -0.2) is 16.8 Å². The van der Waals surface area contributed by atoms with Crippen LogP contribution in [0.5, 0.6) is 0 Å². The van der Waals surface area contributed by atoms with Crippen molar-refractivity contribution in [2.45, 2.75) is 58.5 Å². The van der Waals surface area contributed by atoms with Crippen molar-refractivity contribution in [2.24, 2.45) is 5.41 Å². The van der Waals surface area contributed by atoms with Gasteiger partial charge in [-0.15, -0.1) is 0 Å². The van der Waals surface area contributed by atoms with Gasteiger partial charge in [-0.25, -0.2) is 0 Å². The molecule has 2 rings (SSSR count). The first-order valence-electron chi connectivity index (χ1n) is 6.90. The predicted octanol–water partition coefficient (Wildman–Crippen LogP) is 3.13. The summed E-state index contributed by atoms with van der Waals surface area (Å²) in [5.41, 5.74) is 1.76. The van der Waals surface area contributed by atoms with Crippen molar-refractivity contribution in [3.05, 3.63) is 18.0 Å². The summed E-state index contributed by atoms with van der Waals surface area (Å²) in [5, 5.41) is 7.98. The lowest BCUT2D eigenvalue weighted by molar-refractivity contribution is 0.222. The fraction of sp³-hybridized carbons (Fsp3) is 0.786. The second-order valence-electron chi connectivity index (χ2n) is 5.56. The summed E-state index contributed by atoms with van der Waals surface area (Å²) in [6, 6.07) is 2.62. The third-order valence-electron chi connectivity index (χ3n) is 4.21. The van der Waals surface area contributed by atoms with Crippen molar-refractivity contribution in [1.82, 2.24) is 15.1 Å². The number of hydrogen-bond acceptors (Lipinski definition) is 2. The van der Waals surface area contributed by atoms with Crippen molar-refractivity contribution in [1.29, 1.82) is 0 Å². The fourth-order valence-electron chi connectivity index (χ4n) is 3.31. The van der Waals surface area contributed by atoms with Crippen LogP contribution in [0, 0.1) is 5.41 Å². The molecular weight excluding hydrogens is 210 g/mol. The lowest BCUT2D eigenvalue weighted by Gasteiger charge is -2.34. The Morgan fingerprint density at radius 3 is 2.76 bits per heavy atom. The van der Waals surface area contributed by atoms with E-state index in [-0.39, 0.29) is 0 Å². The highest BCUT2D eigenvalue weighted by molar-refractivity contribution is 5.12. The third-order valence-corrected chi connectivity index (χ3v) is 4.21. The molecule has 1 saturated carbocycles. The van der Waals surface area contributed by atoms with Crippen LogP contribution in [0.3, 0.4) is 0 Å². The topological polar surface area (TPSA) is 29.9 Å². The Balaban J connectivity index is 2.25. The monoisotopic (exact) mass is 235 g/mol. The van der Waals surface area contributed by atoms with Crippen LogP contribution in [0.25, 0.3) is 0 Å². The minimum Gasteiger partial charge on any atom is -0.311 e. The molecule has 3 nitrogen and oxygen atoms in total. The summed E-state index contributed by atoms with van der Waals surface area (Å²) in [6.45, 7) is 5.65. The summed E-state index contributed by atoms with van der Waals surface area (Å²) in [6.07, 6.45) is 8.48. The molecule has 1 fully saturated rings. The van der Waals surface area contributed by atoms with Crippen LogP contribution < -0.4 is 5.32 Å². The Morgan fingerprint density at radius 1 is 1.47 bits per heavy atom. The Kier molecular flexibility index (Phi) is 3.87. The second kappa shape index (κ2) is 5.21. The maximum absolute atomic E-state index is 4.45. The number of nitrogens with one attached hydrogen (secondary N) is 1. The van der Waals surface area contributed by atoms with E-state index in [2.05, 4.69) is 42.1 Å². The van der Waals surface area contributed by atoms with Crippen LogP contribution in [-0.2, 0) is 6.54 Å². The van der Waals surface area contributed by atoms with Gasteiger partial charge in [0.15, 0.2) is 0 Å². The maximum Gasteiger partial charge on any atom is 0.0559 e. The van der Waals surface area contributed by atoms with Gasteiger partial charge in [0.2, 0.25) is 0 Å². The van der Waals surface area contributed by atoms with E-state index in [4.69, 9.17) is 0 Å². The lowest BCUT2D eigenvalue weighted by atomic mass is 9.79. The zero-order valence-corrected chi connectivity index (χ0v) is 11.4. The van der Waals surface area contributed by atoms with E-state index >= 15 is 0 Å². The molecule has 1 aromatic heterocycles. The van der Waals surface area contributed by atoms with E-state index in [1.165, 1.54) is 31.4 Å². The number of rotatable bonds is 5. The predicted molar refractivity (Wildman–Crippen MR) is 70.9 cm³/mol. The summed E-state index contributed by atoms with van der Waals surface area (Å²) in [7, 11) is 2.08. The molecule has 1 unspecified atom stereocenters. The van der Waals surface area contributed by atoms with Gasteiger partial charge in [0, 0.05) is 12.7 Å². The molecule has 0 spiro atoms. The van der Waals surface area contributed by atoms with Crippen molar-refractivity contribution >= 4 is 0 Å². The standard InChI is InChI=1S/C14H25N3/c1-4-11-17-12(7-10-16-17)13(15-3)14(2)8-5-6-9-14/h7,10,13,15H,4-6,8-9,11H2,1-3H3. The molecule has 0 amide bonds. The van der Waals surface area contributed by atoms with Crippen LogP contribution in [0.4, 0.5) is 0 Å². The van der Waals surface area contributed by atoms with Crippen LogP contribution in [0.2, 0.25) is 0 Å². The van der Waals surface area contributed by atoms with Crippen LogP contribution in [0.15, 0.2) is 12.3 Å². The largest absolute Gasteiger partial charge is 0.311 e. The number of hydrogen-bond donors (Lipinski definition) is 1. The van der Waals surface area contributed by atoms with Crippen molar-refractivity contribution < 1.29 is 0 Å². The van der Waals surface area contributed by atoms with Crippen LogP contribution >= 0.6 is 0 Å². The Bertz CT molecular complexity index is 350. The molecular formula is C14H25N3. The number of nitrogens with zero attached hydrogens (tertiary/aromatic N) is 2. The molecule has 0 saturated heterocycles. The van der Waals surface area contributed by atoms with Crippen LogP contribution in [0.1, 0.15) is 57.7 Å². The molecule has 1 aromatic rings. The average Bonchev–Trinajstić information content (AvgIpc) is 2.91. The lowest BCUT2D eigenvalue weighted by Crippen LogP contribution is -2.34. The molecule has 0 aliphatic heterocycles. The fourth-order valence-corrected chi connectivity index (χ4v) is 3.31. The number of aryl methyl sites for hydroxylation is 1. The van der Waals surface area contributed by atoms with E-state index < -0.39 is 0 Å². The Labute approximate surface area is 105 Å². The normalized spacial score (nSPS) is 20.6. The molecule has 1 aliphatic rings. The Hall–Kier alpha value is -0.830. The summed E-state index contributed by atoms with van der Waals surface area (Å²) >= 11 is 0. The Morgan fingerprint density at radius 2 is 2.18 bits per heavy atom. The smallest absolute Gasteiger partial charge is 0.0559 e. The van der Waals surface area contributed by atoms with Gasteiger partial charge in [0.25, 0.3) is 0 Å². The molecule has 96 valence electrons. The molecule has 0 radical (unpaired) electrons. The minimum atomic E-state index is 0.403. The van der Waals surface area contributed by atoms with Gasteiger partial charge in [-0.2, -0.15) is 5.10 Å². The van der Waals surface area contributed by atoms with Crippen molar-refractivity contribution in [2.75, 3.05) is 7.05 Å². The van der Waals surface area contributed by atoms with Gasteiger partial charge in [-0.1, -0.05) is 26.7 Å². The highest BCUT2D eigenvalue weighted by atomic mass is 15.3. The van der Waals surface area contributed by atoms with Gasteiger partial charge < -0.3 is 5.32 Å². The van der Waals surface area contributed by atoms with Gasteiger partial charge in [0.05, 0.1) is 11.7 Å². The second-order valence-corrected chi connectivity index (χ2v) is 5.56. The molecule has 17 heavy (non-hydrogen) atoms. The van der Waals surface area contributed by atoms with E-state index in [1.54, 1.807) is 0 Å². The maximum atomic E-state index is 4.45. The SMILES string of the molecule is CCCn1nccc1C(NC)C1(C)CCCC1. The molecule has 0 aromatic carbocycles. The summed E-state index contributed by atoms with van der Waals surface area (Å²) in [4.78, 5) is 0. The first-order valence-corrected chi connectivity index (χ1v) is 6.90. The molecule has 1 heterocycles. The van der Waals surface area contributed by atoms with Gasteiger partial charge in [-0.3, -0.25) is 4.68 Å². The third kappa shape index (κ3) is 2.39. The highest BCUT2D eigenvalue weighted by Crippen LogP contribution is 2.46. The minimum absolute atomic E-state index is 0.403. The molecule has 1 aliphatic carbocycles. The van der Waals surface area contributed by atoms with Gasteiger partial charge in [0.1, 0.15) is 0 Å². The number of aromatic nitrogens is 2. The first kappa shape index (κ1) is 12.6. The highest BCUT2D eigenvalue weighted by Gasteiger charge is 2.38. The van der Waals surface area contributed by atoms with E-state index in [0.717, 1.165) is 13.0 Å². The van der Waals surface area contributed by atoms with E-state index in [0.29, 0.717) is 11.5 Å². The van der Waals surface area contributed by atoms with Crippen molar-refractivity contribution in [3.63, 3.8) is 0 Å². The molecule has 0 bridgehead atoms.